The Morgan fingerprint density at radius 2 is 1.76 bits per heavy atom. The molecular formula is C14H18O3. The molecule has 1 unspecified atom stereocenters. The van der Waals surface area contributed by atoms with Gasteiger partial charge in [0, 0.05) is 0 Å². The molecule has 1 saturated carbocycles. The largest absolute Gasteiger partial charge is 0.508 e. The van der Waals surface area contributed by atoms with Crippen LogP contribution in [-0.2, 0) is 10.2 Å². The molecule has 2 N–H and O–H groups in total. The molecule has 3 heteroatoms. The highest BCUT2D eigenvalue weighted by atomic mass is 16.4. The number of carboxylic acid groups (broad SMARTS) is 1. The Bertz CT molecular complexity index is 433. The highest BCUT2D eigenvalue weighted by Gasteiger charge is 2.49. The fraction of sp³-hybridized carbons (Fsp3) is 0.500. The third-order valence-electron chi connectivity index (χ3n) is 3.84. The van der Waals surface area contributed by atoms with Gasteiger partial charge in [0.05, 0.1) is 5.41 Å². The Hall–Kier alpha value is -1.51. The number of hydrogen-bond acceptors (Lipinski definition) is 2. The second-order valence-corrected chi connectivity index (χ2v) is 5.78. The first-order chi connectivity index (χ1) is 7.86. The minimum Gasteiger partial charge on any atom is -0.508 e. The number of aromatic hydroxyl groups is 1. The zero-order valence-corrected chi connectivity index (χ0v) is 10.2. The van der Waals surface area contributed by atoms with Gasteiger partial charge in [-0.1, -0.05) is 26.0 Å². The van der Waals surface area contributed by atoms with Gasteiger partial charge in [0.1, 0.15) is 5.75 Å². The fourth-order valence-corrected chi connectivity index (χ4v) is 2.88. The molecule has 0 amide bonds. The summed E-state index contributed by atoms with van der Waals surface area (Å²) in [7, 11) is 0. The van der Waals surface area contributed by atoms with Gasteiger partial charge < -0.3 is 10.2 Å². The van der Waals surface area contributed by atoms with E-state index < -0.39 is 11.4 Å². The first kappa shape index (κ1) is 12.0. The lowest BCUT2D eigenvalue weighted by Crippen LogP contribution is -2.33. The first-order valence-corrected chi connectivity index (χ1v) is 5.89. The summed E-state index contributed by atoms with van der Waals surface area (Å²) < 4.78 is 0. The topological polar surface area (TPSA) is 57.5 Å². The van der Waals surface area contributed by atoms with E-state index in [-0.39, 0.29) is 11.2 Å². The van der Waals surface area contributed by atoms with Gasteiger partial charge in [-0.05, 0) is 42.4 Å². The van der Waals surface area contributed by atoms with Crippen molar-refractivity contribution < 1.29 is 15.0 Å². The van der Waals surface area contributed by atoms with Gasteiger partial charge in [-0.3, -0.25) is 4.79 Å². The molecule has 17 heavy (non-hydrogen) atoms. The van der Waals surface area contributed by atoms with E-state index in [2.05, 4.69) is 13.8 Å². The summed E-state index contributed by atoms with van der Waals surface area (Å²) >= 11 is 0. The summed E-state index contributed by atoms with van der Waals surface area (Å²) in [5.74, 6) is -0.583. The highest BCUT2D eigenvalue weighted by Crippen LogP contribution is 2.50. The number of rotatable bonds is 2. The zero-order valence-electron chi connectivity index (χ0n) is 10.2. The molecule has 1 aromatic rings. The van der Waals surface area contributed by atoms with Crippen molar-refractivity contribution in [1.29, 1.82) is 0 Å². The third kappa shape index (κ3) is 2.02. The van der Waals surface area contributed by atoms with Crippen LogP contribution < -0.4 is 0 Å². The van der Waals surface area contributed by atoms with Gasteiger partial charge in [0.2, 0.25) is 0 Å². The summed E-state index contributed by atoms with van der Waals surface area (Å²) in [6, 6.07) is 6.58. The van der Waals surface area contributed by atoms with Gasteiger partial charge in [-0.15, -0.1) is 0 Å². The van der Waals surface area contributed by atoms with Gasteiger partial charge in [0.25, 0.3) is 0 Å². The molecule has 0 bridgehead atoms. The van der Waals surface area contributed by atoms with Crippen molar-refractivity contribution >= 4 is 5.97 Å². The van der Waals surface area contributed by atoms with Crippen molar-refractivity contribution in [2.45, 2.75) is 38.5 Å². The monoisotopic (exact) mass is 234 g/mol. The van der Waals surface area contributed by atoms with Crippen molar-refractivity contribution in [3.8, 4) is 5.75 Å². The van der Waals surface area contributed by atoms with Crippen molar-refractivity contribution in [3.63, 3.8) is 0 Å². The van der Waals surface area contributed by atoms with Gasteiger partial charge in [-0.2, -0.15) is 0 Å². The molecule has 0 aromatic heterocycles. The van der Waals surface area contributed by atoms with Crippen LogP contribution in [0.3, 0.4) is 0 Å². The third-order valence-corrected chi connectivity index (χ3v) is 3.84. The molecule has 1 aromatic carbocycles. The Morgan fingerprint density at radius 1 is 1.18 bits per heavy atom. The summed E-state index contributed by atoms with van der Waals surface area (Å²) in [4.78, 5) is 11.6. The van der Waals surface area contributed by atoms with Crippen LogP contribution in [0, 0.1) is 5.41 Å². The second kappa shape index (κ2) is 3.76. The summed E-state index contributed by atoms with van der Waals surface area (Å²) in [6.07, 6.45) is 2.24. The lowest BCUT2D eigenvalue weighted by atomic mass is 9.76. The second-order valence-electron chi connectivity index (χ2n) is 5.78. The van der Waals surface area contributed by atoms with E-state index in [1.54, 1.807) is 24.3 Å². The SMILES string of the molecule is CC1(C)CCC(C(=O)O)(c2ccc(O)cc2)C1. The summed E-state index contributed by atoms with van der Waals surface area (Å²) in [5, 5.41) is 18.8. The maximum atomic E-state index is 11.6. The van der Waals surface area contributed by atoms with Gasteiger partial charge >= 0.3 is 5.97 Å². The Morgan fingerprint density at radius 3 is 2.18 bits per heavy atom. The Kier molecular flexibility index (Phi) is 2.64. The fourth-order valence-electron chi connectivity index (χ4n) is 2.88. The number of hydrogen-bond donors (Lipinski definition) is 2. The van der Waals surface area contributed by atoms with Crippen molar-refractivity contribution in [3.05, 3.63) is 29.8 Å². The number of aliphatic carboxylic acids is 1. The molecule has 1 aliphatic carbocycles. The van der Waals surface area contributed by atoms with Gasteiger partial charge in [0.15, 0.2) is 0 Å². The zero-order chi connectivity index (χ0) is 12.7. The standard InChI is InChI=1S/C14H18O3/c1-13(2)7-8-14(9-13,12(16)17)10-3-5-11(15)6-4-10/h3-6,15H,7-9H2,1-2H3,(H,16,17). The predicted molar refractivity (Wildman–Crippen MR) is 65.1 cm³/mol. The maximum absolute atomic E-state index is 11.6. The summed E-state index contributed by atoms with van der Waals surface area (Å²) in [5.41, 5.74) is 0.0846. The highest BCUT2D eigenvalue weighted by molar-refractivity contribution is 5.82. The minimum atomic E-state index is -0.781. The molecule has 1 fully saturated rings. The van der Waals surface area contributed by atoms with Crippen LogP contribution in [0.5, 0.6) is 5.75 Å². The van der Waals surface area contributed by atoms with Gasteiger partial charge in [-0.25, -0.2) is 0 Å². The van der Waals surface area contributed by atoms with E-state index in [1.165, 1.54) is 0 Å². The van der Waals surface area contributed by atoms with Crippen LogP contribution in [0.25, 0.3) is 0 Å². The minimum absolute atomic E-state index is 0.0658. The smallest absolute Gasteiger partial charge is 0.314 e. The quantitative estimate of drug-likeness (QED) is 0.827. The average Bonchev–Trinajstić information content (AvgIpc) is 2.57. The number of benzene rings is 1. The van der Waals surface area contributed by atoms with E-state index in [1.807, 2.05) is 0 Å². The summed E-state index contributed by atoms with van der Waals surface area (Å²) in [6.45, 7) is 4.22. The van der Waals surface area contributed by atoms with Crippen LogP contribution in [0.4, 0.5) is 0 Å². The van der Waals surface area contributed by atoms with Crippen molar-refractivity contribution in [2.24, 2.45) is 5.41 Å². The molecule has 1 atom stereocenters. The molecule has 0 heterocycles. The number of carbonyl (C=O) groups is 1. The molecule has 0 aliphatic heterocycles. The number of carboxylic acids is 1. The lowest BCUT2D eigenvalue weighted by Gasteiger charge is -2.27. The van der Waals surface area contributed by atoms with Crippen molar-refractivity contribution in [2.75, 3.05) is 0 Å². The Labute approximate surface area is 101 Å². The molecular weight excluding hydrogens is 216 g/mol. The number of phenols is 1. The normalized spacial score (nSPS) is 26.9. The Balaban J connectivity index is 2.43. The van der Waals surface area contributed by atoms with Crippen LogP contribution >= 0.6 is 0 Å². The number of phenolic OH excluding ortho intramolecular Hbond substituents is 1. The van der Waals surface area contributed by atoms with E-state index in [4.69, 9.17) is 0 Å². The average molecular weight is 234 g/mol. The molecule has 2 rings (SSSR count). The molecule has 3 nitrogen and oxygen atoms in total. The lowest BCUT2D eigenvalue weighted by molar-refractivity contribution is -0.144. The van der Waals surface area contributed by atoms with E-state index in [0.717, 1.165) is 12.0 Å². The molecule has 0 radical (unpaired) electrons. The van der Waals surface area contributed by atoms with Crippen LogP contribution in [0.15, 0.2) is 24.3 Å². The first-order valence-electron chi connectivity index (χ1n) is 5.89. The van der Waals surface area contributed by atoms with Crippen LogP contribution in [0.1, 0.15) is 38.7 Å². The molecule has 0 saturated heterocycles. The maximum Gasteiger partial charge on any atom is 0.314 e. The predicted octanol–water partition coefficient (Wildman–Crippen LogP) is 2.92. The molecule has 1 aliphatic rings. The molecule has 0 spiro atoms. The molecule has 92 valence electrons. The van der Waals surface area contributed by atoms with Crippen molar-refractivity contribution in [1.82, 2.24) is 0 Å². The van der Waals surface area contributed by atoms with E-state index in [0.29, 0.717) is 12.8 Å². The van der Waals surface area contributed by atoms with Crippen LogP contribution in [-0.4, -0.2) is 16.2 Å². The van der Waals surface area contributed by atoms with E-state index >= 15 is 0 Å². The van der Waals surface area contributed by atoms with E-state index in [9.17, 15) is 15.0 Å². The van der Waals surface area contributed by atoms with Crippen LogP contribution in [0.2, 0.25) is 0 Å².